The summed E-state index contributed by atoms with van der Waals surface area (Å²) in [5, 5.41) is 3.23. The molecule has 1 aromatic rings. The molecule has 0 radical (unpaired) electrons. The van der Waals surface area contributed by atoms with E-state index in [0.717, 1.165) is 6.29 Å². The van der Waals surface area contributed by atoms with Crippen LogP contribution in [0.15, 0.2) is 30.3 Å². The number of carbonyl (C=O) groups excluding carboxylic acids is 1. The average Bonchev–Trinajstić information content (AvgIpc) is 2.30. The summed E-state index contributed by atoms with van der Waals surface area (Å²) >= 11 is 0. The van der Waals surface area contributed by atoms with Gasteiger partial charge in [0.1, 0.15) is 6.29 Å². The van der Waals surface area contributed by atoms with Gasteiger partial charge in [0.05, 0.1) is 25.3 Å². The number of nitrogens with one attached hydrogen (secondary N) is 1. The zero-order chi connectivity index (χ0) is 9.80. The Morgan fingerprint density at radius 3 is 2.79 bits per heavy atom. The number of morpholine rings is 1. The summed E-state index contributed by atoms with van der Waals surface area (Å²) in [4.78, 5) is 10.6. The zero-order valence-electron chi connectivity index (χ0n) is 7.85. The first kappa shape index (κ1) is 9.37. The van der Waals surface area contributed by atoms with Crippen molar-refractivity contribution in [2.75, 3.05) is 13.2 Å². The molecule has 1 fully saturated rings. The standard InChI is InChI=1S/C11H13NO2/c13-6-10-7-14-8-11(12-10)9-4-2-1-3-5-9/h1-6,10-12H,7-8H2/t10?,11-/m1/s1. The van der Waals surface area contributed by atoms with E-state index < -0.39 is 0 Å². The Balaban J connectivity index is 2.08. The van der Waals surface area contributed by atoms with E-state index in [2.05, 4.69) is 5.32 Å². The molecule has 3 heteroatoms. The van der Waals surface area contributed by atoms with Crippen molar-refractivity contribution in [2.24, 2.45) is 0 Å². The van der Waals surface area contributed by atoms with Crippen LogP contribution in [-0.4, -0.2) is 25.5 Å². The predicted octanol–water partition coefficient (Wildman–Crippen LogP) is 0.915. The highest BCUT2D eigenvalue weighted by Gasteiger charge is 2.21. The van der Waals surface area contributed by atoms with E-state index in [1.807, 2.05) is 30.3 Å². The van der Waals surface area contributed by atoms with Gasteiger partial charge in [0.15, 0.2) is 0 Å². The van der Waals surface area contributed by atoms with Crippen molar-refractivity contribution in [3.8, 4) is 0 Å². The van der Waals surface area contributed by atoms with E-state index in [1.165, 1.54) is 5.56 Å². The van der Waals surface area contributed by atoms with Crippen LogP contribution in [0.2, 0.25) is 0 Å². The molecule has 0 amide bonds. The third kappa shape index (κ3) is 2.00. The van der Waals surface area contributed by atoms with Gasteiger partial charge in [-0.1, -0.05) is 30.3 Å². The molecule has 3 nitrogen and oxygen atoms in total. The Hall–Kier alpha value is -1.19. The molecular weight excluding hydrogens is 178 g/mol. The first-order chi connectivity index (χ1) is 6.90. The number of carbonyl (C=O) groups is 1. The van der Waals surface area contributed by atoms with Crippen LogP contribution < -0.4 is 5.32 Å². The Bertz CT molecular complexity index is 299. The van der Waals surface area contributed by atoms with Gasteiger partial charge in [0.25, 0.3) is 0 Å². The minimum absolute atomic E-state index is 0.139. The van der Waals surface area contributed by atoms with Crippen LogP contribution >= 0.6 is 0 Å². The Morgan fingerprint density at radius 1 is 1.29 bits per heavy atom. The van der Waals surface area contributed by atoms with Gasteiger partial charge >= 0.3 is 0 Å². The molecular formula is C11H13NO2. The summed E-state index contributed by atoms with van der Waals surface area (Å²) in [6.07, 6.45) is 0.898. The first-order valence-corrected chi connectivity index (χ1v) is 4.74. The summed E-state index contributed by atoms with van der Waals surface area (Å²) in [5.74, 6) is 0. The second kappa shape index (κ2) is 4.35. The molecule has 0 aliphatic carbocycles. The summed E-state index contributed by atoms with van der Waals surface area (Å²) in [6.45, 7) is 1.11. The Morgan fingerprint density at radius 2 is 2.07 bits per heavy atom. The number of ether oxygens (including phenoxy) is 1. The molecule has 14 heavy (non-hydrogen) atoms. The van der Waals surface area contributed by atoms with E-state index in [0.29, 0.717) is 13.2 Å². The van der Waals surface area contributed by atoms with E-state index in [1.54, 1.807) is 0 Å². The predicted molar refractivity (Wildman–Crippen MR) is 53.0 cm³/mol. The van der Waals surface area contributed by atoms with Gasteiger partial charge in [0, 0.05) is 0 Å². The van der Waals surface area contributed by atoms with Gasteiger partial charge in [-0.05, 0) is 5.56 Å². The fourth-order valence-corrected chi connectivity index (χ4v) is 1.62. The minimum atomic E-state index is -0.172. The third-order valence-corrected chi connectivity index (χ3v) is 2.36. The zero-order valence-corrected chi connectivity index (χ0v) is 7.85. The van der Waals surface area contributed by atoms with Crippen LogP contribution in [0, 0.1) is 0 Å². The maximum absolute atomic E-state index is 10.6. The van der Waals surface area contributed by atoms with Gasteiger partial charge in [-0.3, -0.25) is 5.32 Å². The molecule has 74 valence electrons. The topological polar surface area (TPSA) is 38.3 Å². The average molecular weight is 191 g/mol. The van der Waals surface area contributed by atoms with Crippen LogP contribution in [-0.2, 0) is 9.53 Å². The van der Waals surface area contributed by atoms with Crippen LogP contribution in [0.5, 0.6) is 0 Å². The maximum atomic E-state index is 10.6. The molecule has 0 bridgehead atoms. The van der Waals surface area contributed by atoms with Gasteiger partial charge in [-0.15, -0.1) is 0 Å². The van der Waals surface area contributed by atoms with Crippen molar-refractivity contribution >= 4 is 6.29 Å². The van der Waals surface area contributed by atoms with Gasteiger partial charge in [-0.2, -0.15) is 0 Å². The van der Waals surface area contributed by atoms with Crippen molar-refractivity contribution in [2.45, 2.75) is 12.1 Å². The number of rotatable bonds is 2. The molecule has 1 unspecified atom stereocenters. The second-order valence-electron chi connectivity index (χ2n) is 3.41. The number of hydrogen-bond acceptors (Lipinski definition) is 3. The van der Waals surface area contributed by atoms with Crippen molar-refractivity contribution in [1.29, 1.82) is 0 Å². The third-order valence-electron chi connectivity index (χ3n) is 2.36. The van der Waals surface area contributed by atoms with Crippen LogP contribution in [0.3, 0.4) is 0 Å². The number of benzene rings is 1. The molecule has 1 aromatic carbocycles. The number of hydrogen-bond donors (Lipinski definition) is 1. The SMILES string of the molecule is O=CC1COC[C@H](c2ccccc2)N1. The van der Waals surface area contributed by atoms with Crippen molar-refractivity contribution < 1.29 is 9.53 Å². The first-order valence-electron chi connectivity index (χ1n) is 4.74. The van der Waals surface area contributed by atoms with Crippen LogP contribution in [0.4, 0.5) is 0 Å². The molecule has 1 saturated heterocycles. The highest BCUT2D eigenvalue weighted by Crippen LogP contribution is 2.16. The van der Waals surface area contributed by atoms with Gasteiger partial charge in [0.2, 0.25) is 0 Å². The molecule has 2 atom stereocenters. The number of aldehydes is 1. The molecule has 1 N–H and O–H groups in total. The molecule has 0 saturated carbocycles. The van der Waals surface area contributed by atoms with Gasteiger partial charge in [-0.25, -0.2) is 0 Å². The fraction of sp³-hybridized carbons (Fsp3) is 0.364. The van der Waals surface area contributed by atoms with Gasteiger partial charge < -0.3 is 9.53 Å². The molecule has 1 heterocycles. The summed E-state index contributed by atoms with van der Waals surface area (Å²) in [6, 6.07) is 9.99. The van der Waals surface area contributed by atoms with Crippen LogP contribution in [0.1, 0.15) is 11.6 Å². The van der Waals surface area contributed by atoms with E-state index in [9.17, 15) is 4.79 Å². The molecule has 1 aliphatic heterocycles. The quantitative estimate of drug-likeness (QED) is 0.706. The molecule has 1 aliphatic rings. The highest BCUT2D eigenvalue weighted by atomic mass is 16.5. The summed E-state index contributed by atoms with van der Waals surface area (Å²) in [5.41, 5.74) is 1.17. The molecule has 2 rings (SSSR count). The fourth-order valence-electron chi connectivity index (χ4n) is 1.62. The summed E-state index contributed by atoms with van der Waals surface area (Å²) < 4.78 is 5.35. The normalized spacial score (nSPS) is 27.1. The maximum Gasteiger partial charge on any atom is 0.139 e. The highest BCUT2D eigenvalue weighted by molar-refractivity contribution is 5.58. The van der Waals surface area contributed by atoms with Crippen LogP contribution in [0.25, 0.3) is 0 Å². The van der Waals surface area contributed by atoms with Crippen molar-refractivity contribution in [1.82, 2.24) is 5.32 Å². The lowest BCUT2D eigenvalue weighted by Crippen LogP contribution is -2.44. The Kier molecular flexibility index (Phi) is 2.91. The smallest absolute Gasteiger partial charge is 0.139 e. The second-order valence-corrected chi connectivity index (χ2v) is 3.41. The van der Waals surface area contributed by atoms with E-state index in [-0.39, 0.29) is 12.1 Å². The summed E-state index contributed by atoms with van der Waals surface area (Å²) in [7, 11) is 0. The molecule has 0 spiro atoms. The van der Waals surface area contributed by atoms with Crippen molar-refractivity contribution in [3.63, 3.8) is 0 Å². The lowest BCUT2D eigenvalue weighted by atomic mass is 10.1. The van der Waals surface area contributed by atoms with Crippen molar-refractivity contribution in [3.05, 3.63) is 35.9 Å². The lowest BCUT2D eigenvalue weighted by molar-refractivity contribution is -0.112. The lowest BCUT2D eigenvalue weighted by Gasteiger charge is -2.28. The monoisotopic (exact) mass is 191 g/mol. The minimum Gasteiger partial charge on any atom is -0.377 e. The molecule has 0 aromatic heterocycles. The Labute approximate surface area is 83.1 Å². The van der Waals surface area contributed by atoms with E-state index in [4.69, 9.17) is 4.74 Å². The largest absolute Gasteiger partial charge is 0.377 e. The van der Waals surface area contributed by atoms with E-state index >= 15 is 0 Å².